The van der Waals surface area contributed by atoms with Crippen molar-refractivity contribution in [2.24, 2.45) is 11.7 Å². The van der Waals surface area contributed by atoms with Crippen LogP contribution >= 0.6 is 0 Å². The van der Waals surface area contributed by atoms with Gasteiger partial charge in [0.1, 0.15) is 0 Å². The number of carbonyl (C=O) groups is 1. The van der Waals surface area contributed by atoms with Crippen LogP contribution in [0, 0.1) is 18.3 Å². The van der Waals surface area contributed by atoms with Gasteiger partial charge in [-0.25, -0.2) is 0 Å². The molecular formula is C13H24N2O. The molecule has 0 aliphatic heterocycles. The molecule has 3 nitrogen and oxygen atoms in total. The summed E-state index contributed by atoms with van der Waals surface area (Å²) in [7, 11) is 0. The van der Waals surface area contributed by atoms with Crippen molar-refractivity contribution in [3.63, 3.8) is 0 Å². The summed E-state index contributed by atoms with van der Waals surface area (Å²) >= 11 is 0. The standard InChI is InChI=1S/C13H24N2O/c1-4-11-15(6-3)13(16)8-7-12(5-2)9-10-14/h1,12H,5-11,14H2,2-3H3. The van der Waals surface area contributed by atoms with Gasteiger partial charge in [-0.3, -0.25) is 4.79 Å². The average molecular weight is 224 g/mol. The summed E-state index contributed by atoms with van der Waals surface area (Å²) < 4.78 is 0. The molecule has 0 aromatic heterocycles. The minimum absolute atomic E-state index is 0.163. The normalized spacial score (nSPS) is 11.9. The predicted octanol–water partition coefficient (Wildman–Crippen LogP) is 1.62. The molecule has 1 atom stereocenters. The number of amides is 1. The summed E-state index contributed by atoms with van der Waals surface area (Å²) in [5, 5.41) is 0. The Bertz CT molecular complexity index is 233. The number of terminal acetylenes is 1. The Morgan fingerprint density at radius 2 is 2.12 bits per heavy atom. The number of hydrogen-bond donors (Lipinski definition) is 1. The fourth-order valence-corrected chi connectivity index (χ4v) is 1.76. The van der Waals surface area contributed by atoms with Crippen molar-refractivity contribution in [3.05, 3.63) is 0 Å². The van der Waals surface area contributed by atoms with Crippen LogP contribution in [0.1, 0.15) is 39.5 Å². The predicted molar refractivity (Wildman–Crippen MR) is 67.8 cm³/mol. The maximum absolute atomic E-state index is 11.8. The maximum Gasteiger partial charge on any atom is 0.223 e. The van der Waals surface area contributed by atoms with E-state index >= 15 is 0 Å². The summed E-state index contributed by atoms with van der Waals surface area (Å²) in [6.07, 6.45) is 8.82. The van der Waals surface area contributed by atoms with Crippen LogP contribution in [0.15, 0.2) is 0 Å². The molecular weight excluding hydrogens is 200 g/mol. The van der Waals surface area contributed by atoms with Gasteiger partial charge in [0.25, 0.3) is 0 Å². The van der Waals surface area contributed by atoms with Gasteiger partial charge in [0, 0.05) is 13.0 Å². The molecule has 92 valence electrons. The molecule has 0 saturated carbocycles. The van der Waals surface area contributed by atoms with Crippen molar-refractivity contribution >= 4 is 5.91 Å². The van der Waals surface area contributed by atoms with Crippen LogP contribution in [-0.4, -0.2) is 30.4 Å². The zero-order valence-corrected chi connectivity index (χ0v) is 10.5. The molecule has 3 heteroatoms. The van der Waals surface area contributed by atoms with Crippen molar-refractivity contribution in [1.82, 2.24) is 4.90 Å². The molecule has 0 saturated heterocycles. The van der Waals surface area contributed by atoms with E-state index in [1.54, 1.807) is 4.90 Å². The lowest BCUT2D eigenvalue weighted by atomic mass is 9.96. The molecule has 16 heavy (non-hydrogen) atoms. The van der Waals surface area contributed by atoms with E-state index in [0.29, 0.717) is 32.0 Å². The van der Waals surface area contributed by atoms with Gasteiger partial charge < -0.3 is 10.6 Å². The fraction of sp³-hybridized carbons (Fsp3) is 0.769. The number of rotatable bonds is 8. The van der Waals surface area contributed by atoms with E-state index in [4.69, 9.17) is 12.2 Å². The third-order valence-electron chi connectivity index (χ3n) is 2.94. The lowest BCUT2D eigenvalue weighted by molar-refractivity contribution is -0.130. The third-order valence-corrected chi connectivity index (χ3v) is 2.94. The first-order valence-corrected chi connectivity index (χ1v) is 6.10. The number of carbonyl (C=O) groups excluding carboxylic acids is 1. The minimum atomic E-state index is 0.163. The largest absolute Gasteiger partial charge is 0.332 e. The van der Waals surface area contributed by atoms with Crippen molar-refractivity contribution in [1.29, 1.82) is 0 Å². The molecule has 0 rings (SSSR count). The lowest BCUT2D eigenvalue weighted by Crippen LogP contribution is -2.31. The molecule has 0 aliphatic carbocycles. The quantitative estimate of drug-likeness (QED) is 0.637. The summed E-state index contributed by atoms with van der Waals surface area (Å²) in [6, 6.07) is 0. The van der Waals surface area contributed by atoms with E-state index < -0.39 is 0 Å². The topological polar surface area (TPSA) is 46.3 Å². The second-order valence-corrected chi connectivity index (χ2v) is 4.00. The number of hydrogen-bond acceptors (Lipinski definition) is 2. The molecule has 1 unspecified atom stereocenters. The molecule has 0 radical (unpaired) electrons. The molecule has 2 N–H and O–H groups in total. The van der Waals surface area contributed by atoms with E-state index in [9.17, 15) is 4.79 Å². The van der Waals surface area contributed by atoms with Crippen LogP contribution < -0.4 is 5.73 Å². The summed E-state index contributed by atoms with van der Waals surface area (Å²) in [5.74, 6) is 3.24. The molecule has 0 heterocycles. The van der Waals surface area contributed by atoms with Crippen LogP contribution in [0.4, 0.5) is 0 Å². The molecule has 0 aromatic rings. The van der Waals surface area contributed by atoms with Gasteiger partial charge in [0.2, 0.25) is 5.91 Å². The van der Waals surface area contributed by atoms with Crippen LogP contribution in [0.5, 0.6) is 0 Å². The molecule has 0 aliphatic rings. The molecule has 1 amide bonds. The van der Waals surface area contributed by atoms with Crippen molar-refractivity contribution < 1.29 is 4.79 Å². The van der Waals surface area contributed by atoms with E-state index in [-0.39, 0.29) is 5.91 Å². The SMILES string of the molecule is C#CCN(CC)C(=O)CCC(CC)CCN. The smallest absolute Gasteiger partial charge is 0.223 e. The molecule has 0 spiro atoms. The van der Waals surface area contributed by atoms with Gasteiger partial charge in [0.15, 0.2) is 0 Å². The third kappa shape index (κ3) is 5.77. The first-order chi connectivity index (χ1) is 7.69. The van der Waals surface area contributed by atoms with E-state index in [1.165, 1.54) is 0 Å². The van der Waals surface area contributed by atoms with Crippen LogP contribution in [-0.2, 0) is 4.79 Å². The molecule has 0 fully saturated rings. The van der Waals surface area contributed by atoms with Crippen molar-refractivity contribution in [3.8, 4) is 12.3 Å². The van der Waals surface area contributed by atoms with Crippen LogP contribution in [0.2, 0.25) is 0 Å². The molecule has 0 aromatic carbocycles. The number of nitrogens with zero attached hydrogens (tertiary/aromatic N) is 1. The minimum Gasteiger partial charge on any atom is -0.332 e. The second kappa shape index (κ2) is 9.23. The number of nitrogens with two attached hydrogens (primary N) is 1. The Hall–Kier alpha value is -1.01. The Kier molecular flexibility index (Phi) is 8.65. The van der Waals surface area contributed by atoms with Crippen LogP contribution in [0.25, 0.3) is 0 Å². The zero-order valence-electron chi connectivity index (χ0n) is 10.5. The first-order valence-electron chi connectivity index (χ1n) is 6.10. The monoisotopic (exact) mass is 224 g/mol. The van der Waals surface area contributed by atoms with Gasteiger partial charge >= 0.3 is 0 Å². The van der Waals surface area contributed by atoms with E-state index in [0.717, 1.165) is 19.3 Å². The van der Waals surface area contributed by atoms with Gasteiger partial charge in [-0.15, -0.1) is 6.42 Å². The first kappa shape index (κ1) is 15.0. The summed E-state index contributed by atoms with van der Waals surface area (Å²) in [6.45, 7) is 5.91. The Morgan fingerprint density at radius 1 is 1.44 bits per heavy atom. The summed E-state index contributed by atoms with van der Waals surface area (Å²) in [4.78, 5) is 13.5. The van der Waals surface area contributed by atoms with Gasteiger partial charge in [-0.05, 0) is 32.2 Å². The molecule has 0 bridgehead atoms. The van der Waals surface area contributed by atoms with E-state index in [1.807, 2.05) is 6.92 Å². The Labute approximate surface area is 99.4 Å². The van der Waals surface area contributed by atoms with Gasteiger partial charge in [0.05, 0.1) is 6.54 Å². The van der Waals surface area contributed by atoms with Crippen molar-refractivity contribution in [2.75, 3.05) is 19.6 Å². The van der Waals surface area contributed by atoms with E-state index in [2.05, 4.69) is 12.8 Å². The van der Waals surface area contributed by atoms with Gasteiger partial charge in [-0.1, -0.05) is 19.3 Å². The highest BCUT2D eigenvalue weighted by atomic mass is 16.2. The van der Waals surface area contributed by atoms with Crippen LogP contribution in [0.3, 0.4) is 0 Å². The average Bonchev–Trinajstić information content (AvgIpc) is 2.30. The van der Waals surface area contributed by atoms with Crippen molar-refractivity contribution in [2.45, 2.75) is 39.5 Å². The fourth-order valence-electron chi connectivity index (χ4n) is 1.76. The lowest BCUT2D eigenvalue weighted by Gasteiger charge is -2.19. The Morgan fingerprint density at radius 3 is 2.56 bits per heavy atom. The zero-order chi connectivity index (χ0) is 12.4. The highest BCUT2D eigenvalue weighted by Crippen LogP contribution is 2.15. The highest BCUT2D eigenvalue weighted by molar-refractivity contribution is 5.76. The highest BCUT2D eigenvalue weighted by Gasteiger charge is 2.13. The Balaban J connectivity index is 3.98. The second-order valence-electron chi connectivity index (χ2n) is 4.00. The van der Waals surface area contributed by atoms with Gasteiger partial charge in [-0.2, -0.15) is 0 Å². The maximum atomic E-state index is 11.8. The summed E-state index contributed by atoms with van der Waals surface area (Å²) in [5.41, 5.74) is 5.52.